The molecule has 0 aromatic carbocycles. The van der Waals surface area contributed by atoms with Gasteiger partial charge in [-0.05, 0) is 38.9 Å². The first-order valence-corrected chi connectivity index (χ1v) is 8.97. The van der Waals surface area contributed by atoms with E-state index in [0.29, 0.717) is 6.04 Å². The number of nitrogens with one attached hydrogen (secondary N) is 2. The molecule has 0 bridgehead atoms. The number of piperazine rings is 1. The quantitative estimate of drug-likeness (QED) is 0.807. The van der Waals surface area contributed by atoms with Crippen LogP contribution in [0.4, 0.5) is 0 Å². The van der Waals surface area contributed by atoms with Crippen LogP contribution in [0.15, 0.2) is 0 Å². The summed E-state index contributed by atoms with van der Waals surface area (Å²) in [6.07, 6.45) is 3.53. The second-order valence-corrected chi connectivity index (χ2v) is 7.93. The Morgan fingerprint density at radius 2 is 2.05 bits per heavy atom. The van der Waals surface area contributed by atoms with E-state index in [2.05, 4.69) is 36.3 Å². The van der Waals surface area contributed by atoms with Crippen molar-refractivity contribution in [3.8, 4) is 0 Å². The minimum absolute atomic E-state index is 0.201. The highest BCUT2D eigenvalue weighted by atomic mass is 32.2. The molecule has 4 nitrogen and oxygen atoms in total. The molecule has 1 saturated carbocycles. The Morgan fingerprint density at radius 1 is 1.35 bits per heavy atom. The van der Waals surface area contributed by atoms with Crippen LogP contribution in [0.5, 0.6) is 0 Å². The van der Waals surface area contributed by atoms with Crippen molar-refractivity contribution in [3.05, 3.63) is 0 Å². The van der Waals surface area contributed by atoms with E-state index in [1.54, 1.807) is 0 Å². The number of amides is 1. The van der Waals surface area contributed by atoms with Crippen molar-refractivity contribution in [1.82, 2.24) is 15.5 Å². The average molecular weight is 299 g/mol. The average Bonchev–Trinajstić information content (AvgIpc) is 2.87. The summed E-state index contributed by atoms with van der Waals surface area (Å²) in [7, 11) is 0. The van der Waals surface area contributed by atoms with Gasteiger partial charge in [0.1, 0.15) is 0 Å². The van der Waals surface area contributed by atoms with Crippen molar-refractivity contribution in [3.63, 3.8) is 0 Å². The zero-order valence-corrected chi connectivity index (χ0v) is 13.9. The normalized spacial score (nSPS) is 28.6. The first-order chi connectivity index (χ1) is 9.54. The van der Waals surface area contributed by atoms with Gasteiger partial charge in [-0.1, -0.05) is 6.92 Å². The number of carbonyl (C=O) groups excluding carboxylic acids is 1. The second kappa shape index (κ2) is 7.14. The van der Waals surface area contributed by atoms with Gasteiger partial charge in [0.2, 0.25) is 5.91 Å². The maximum Gasteiger partial charge on any atom is 0.240 e. The lowest BCUT2D eigenvalue weighted by Gasteiger charge is -2.40. The van der Waals surface area contributed by atoms with Gasteiger partial charge in [0.25, 0.3) is 0 Å². The van der Waals surface area contributed by atoms with Gasteiger partial charge in [0.05, 0.1) is 5.54 Å². The van der Waals surface area contributed by atoms with Crippen LogP contribution in [-0.2, 0) is 4.79 Å². The zero-order chi connectivity index (χ0) is 14.6. The lowest BCUT2D eigenvalue weighted by Crippen LogP contribution is -2.60. The molecule has 116 valence electrons. The number of rotatable bonds is 5. The van der Waals surface area contributed by atoms with Gasteiger partial charge in [0, 0.05) is 37.5 Å². The molecule has 2 rings (SSSR count). The highest BCUT2D eigenvalue weighted by molar-refractivity contribution is 7.99. The molecule has 2 atom stereocenters. The Hall–Kier alpha value is -0.260. The van der Waals surface area contributed by atoms with E-state index in [1.165, 1.54) is 12.2 Å². The van der Waals surface area contributed by atoms with Gasteiger partial charge in [-0.3, -0.25) is 9.69 Å². The Labute approximate surface area is 127 Å². The van der Waals surface area contributed by atoms with E-state index in [1.807, 2.05) is 11.8 Å². The van der Waals surface area contributed by atoms with Crippen molar-refractivity contribution < 1.29 is 4.79 Å². The molecule has 0 radical (unpaired) electrons. The molecule has 1 aliphatic heterocycles. The molecule has 2 aliphatic rings. The number of nitrogens with zero attached hydrogens (tertiary/aromatic N) is 1. The standard InChI is InChI=1S/C15H29N3OS/c1-4-20-13-6-5-12(11-13)17-14(19)15(2,3)18-9-7-16-8-10-18/h12-13,16H,4-11H2,1-3H3,(H,17,19). The van der Waals surface area contributed by atoms with Gasteiger partial charge in [-0.15, -0.1) is 0 Å². The topological polar surface area (TPSA) is 44.4 Å². The third kappa shape index (κ3) is 3.89. The van der Waals surface area contributed by atoms with E-state index in [9.17, 15) is 4.79 Å². The summed E-state index contributed by atoms with van der Waals surface area (Å²) in [6, 6.07) is 0.383. The minimum Gasteiger partial charge on any atom is -0.352 e. The predicted molar refractivity (Wildman–Crippen MR) is 86.2 cm³/mol. The molecular weight excluding hydrogens is 270 g/mol. The fourth-order valence-corrected chi connectivity index (χ4v) is 4.33. The summed E-state index contributed by atoms with van der Waals surface area (Å²) in [5, 5.41) is 7.38. The summed E-state index contributed by atoms with van der Waals surface area (Å²) in [6.45, 7) is 10.2. The Kier molecular flexibility index (Phi) is 5.75. The van der Waals surface area contributed by atoms with Gasteiger partial charge in [-0.2, -0.15) is 11.8 Å². The highest BCUT2D eigenvalue weighted by Gasteiger charge is 2.37. The van der Waals surface area contributed by atoms with E-state index in [0.717, 1.165) is 44.3 Å². The van der Waals surface area contributed by atoms with Crippen molar-refractivity contribution in [1.29, 1.82) is 0 Å². The van der Waals surface area contributed by atoms with Gasteiger partial charge in [-0.25, -0.2) is 0 Å². The molecule has 2 N–H and O–H groups in total. The lowest BCUT2D eigenvalue weighted by atomic mass is 9.99. The first kappa shape index (κ1) is 16.1. The number of hydrogen-bond acceptors (Lipinski definition) is 4. The van der Waals surface area contributed by atoms with Gasteiger partial charge < -0.3 is 10.6 Å². The molecule has 20 heavy (non-hydrogen) atoms. The SMILES string of the molecule is CCSC1CCC(NC(=O)C(C)(C)N2CCNCC2)C1. The number of thioether (sulfide) groups is 1. The molecule has 0 spiro atoms. The molecule has 1 saturated heterocycles. The summed E-state index contributed by atoms with van der Waals surface area (Å²) >= 11 is 2.04. The molecule has 1 amide bonds. The second-order valence-electron chi connectivity index (χ2n) is 6.36. The van der Waals surface area contributed by atoms with Crippen LogP contribution in [0.1, 0.15) is 40.0 Å². The molecule has 5 heteroatoms. The molecule has 1 aliphatic carbocycles. The molecule has 1 heterocycles. The molecular formula is C15H29N3OS. The minimum atomic E-state index is -0.391. The van der Waals surface area contributed by atoms with Crippen LogP contribution in [-0.4, -0.2) is 59.6 Å². The molecule has 2 fully saturated rings. The summed E-state index contributed by atoms with van der Waals surface area (Å²) in [4.78, 5) is 14.9. The fourth-order valence-electron chi connectivity index (χ4n) is 3.19. The fraction of sp³-hybridized carbons (Fsp3) is 0.933. The smallest absolute Gasteiger partial charge is 0.240 e. The largest absolute Gasteiger partial charge is 0.352 e. The van der Waals surface area contributed by atoms with Crippen molar-refractivity contribution in [2.24, 2.45) is 0 Å². The zero-order valence-electron chi connectivity index (χ0n) is 13.1. The van der Waals surface area contributed by atoms with Gasteiger partial charge in [0.15, 0.2) is 0 Å². The Bertz CT molecular complexity index is 329. The van der Waals surface area contributed by atoms with Crippen molar-refractivity contribution in [2.45, 2.75) is 56.9 Å². The monoisotopic (exact) mass is 299 g/mol. The van der Waals surface area contributed by atoms with Crippen LogP contribution in [0.2, 0.25) is 0 Å². The van der Waals surface area contributed by atoms with Crippen LogP contribution in [0, 0.1) is 0 Å². The third-order valence-electron chi connectivity index (χ3n) is 4.59. The Morgan fingerprint density at radius 3 is 2.70 bits per heavy atom. The Balaban J connectivity index is 1.84. The molecule has 0 aromatic heterocycles. The van der Waals surface area contributed by atoms with E-state index < -0.39 is 5.54 Å². The number of hydrogen-bond donors (Lipinski definition) is 2. The first-order valence-electron chi connectivity index (χ1n) is 7.92. The van der Waals surface area contributed by atoms with E-state index in [4.69, 9.17) is 0 Å². The summed E-state index contributed by atoms with van der Waals surface area (Å²) in [5.74, 6) is 1.38. The van der Waals surface area contributed by atoms with Crippen LogP contribution < -0.4 is 10.6 Å². The third-order valence-corrected chi connectivity index (χ3v) is 5.82. The maximum atomic E-state index is 12.6. The summed E-state index contributed by atoms with van der Waals surface area (Å²) in [5.41, 5.74) is -0.391. The van der Waals surface area contributed by atoms with Crippen LogP contribution in [0.3, 0.4) is 0 Å². The van der Waals surface area contributed by atoms with Gasteiger partial charge >= 0.3 is 0 Å². The lowest BCUT2D eigenvalue weighted by molar-refractivity contribution is -0.132. The number of carbonyl (C=O) groups is 1. The predicted octanol–water partition coefficient (Wildman–Crippen LogP) is 1.46. The summed E-state index contributed by atoms with van der Waals surface area (Å²) < 4.78 is 0. The maximum absolute atomic E-state index is 12.6. The highest BCUT2D eigenvalue weighted by Crippen LogP contribution is 2.30. The van der Waals surface area contributed by atoms with E-state index in [-0.39, 0.29) is 5.91 Å². The molecule has 2 unspecified atom stereocenters. The van der Waals surface area contributed by atoms with Crippen LogP contribution in [0.25, 0.3) is 0 Å². The van der Waals surface area contributed by atoms with Crippen LogP contribution >= 0.6 is 11.8 Å². The molecule has 0 aromatic rings. The van der Waals surface area contributed by atoms with E-state index >= 15 is 0 Å². The van der Waals surface area contributed by atoms with Crippen molar-refractivity contribution >= 4 is 17.7 Å². The van der Waals surface area contributed by atoms with Crippen molar-refractivity contribution in [2.75, 3.05) is 31.9 Å².